The van der Waals surface area contributed by atoms with Crippen molar-refractivity contribution < 1.29 is 9.53 Å². The fraction of sp³-hybridized carbons (Fsp3) is 0.381. The van der Waals surface area contributed by atoms with Crippen LogP contribution in [0.4, 0.5) is 0 Å². The Labute approximate surface area is 158 Å². The second kappa shape index (κ2) is 7.02. The van der Waals surface area contributed by atoms with Crippen molar-refractivity contribution in [2.75, 3.05) is 7.11 Å². The van der Waals surface area contributed by atoms with E-state index in [9.17, 15) is 4.79 Å². The summed E-state index contributed by atoms with van der Waals surface area (Å²) in [6, 6.07) is 9.83. The molecule has 1 fully saturated rings. The maximum absolute atomic E-state index is 13.0. The van der Waals surface area contributed by atoms with Crippen molar-refractivity contribution in [3.05, 3.63) is 53.3 Å². The molecule has 1 aliphatic carbocycles. The van der Waals surface area contributed by atoms with E-state index in [1.165, 1.54) is 0 Å². The Balaban J connectivity index is 1.64. The molecule has 1 saturated carbocycles. The lowest BCUT2D eigenvalue weighted by Crippen LogP contribution is -2.23. The van der Waals surface area contributed by atoms with Gasteiger partial charge < -0.3 is 10.1 Å². The number of ether oxygens (including phenoxy) is 1. The molecule has 6 nitrogen and oxygen atoms in total. The van der Waals surface area contributed by atoms with Crippen molar-refractivity contribution in [3.63, 3.8) is 0 Å². The minimum atomic E-state index is -0.101. The summed E-state index contributed by atoms with van der Waals surface area (Å²) < 4.78 is 7.14. The molecule has 0 radical (unpaired) electrons. The zero-order valence-corrected chi connectivity index (χ0v) is 15.9. The van der Waals surface area contributed by atoms with Crippen LogP contribution in [0.1, 0.15) is 60.3 Å². The molecule has 4 rings (SSSR count). The fourth-order valence-corrected chi connectivity index (χ4v) is 3.25. The van der Waals surface area contributed by atoms with Gasteiger partial charge in [-0.3, -0.25) is 4.79 Å². The molecule has 140 valence electrons. The van der Waals surface area contributed by atoms with Gasteiger partial charge in [-0.2, -0.15) is 5.10 Å². The lowest BCUT2D eigenvalue weighted by Gasteiger charge is -2.11. The van der Waals surface area contributed by atoms with E-state index in [4.69, 9.17) is 9.72 Å². The highest BCUT2D eigenvalue weighted by Gasteiger charge is 2.28. The van der Waals surface area contributed by atoms with Gasteiger partial charge in [0.15, 0.2) is 5.65 Å². The molecule has 1 N–H and O–H groups in total. The Morgan fingerprint density at radius 2 is 2.15 bits per heavy atom. The predicted molar refractivity (Wildman–Crippen MR) is 104 cm³/mol. The Hall–Kier alpha value is -2.89. The van der Waals surface area contributed by atoms with E-state index in [0.29, 0.717) is 18.0 Å². The Morgan fingerprint density at radius 1 is 1.33 bits per heavy atom. The summed E-state index contributed by atoms with van der Waals surface area (Å²) in [7, 11) is 1.64. The van der Waals surface area contributed by atoms with E-state index in [0.717, 1.165) is 40.9 Å². The van der Waals surface area contributed by atoms with Crippen LogP contribution in [-0.2, 0) is 6.54 Å². The van der Waals surface area contributed by atoms with Gasteiger partial charge in [-0.1, -0.05) is 12.1 Å². The van der Waals surface area contributed by atoms with Gasteiger partial charge in [0.1, 0.15) is 5.75 Å². The van der Waals surface area contributed by atoms with Gasteiger partial charge in [0.25, 0.3) is 5.91 Å². The van der Waals surface area contributed by atoms with E-state index < -0.39 is 0 Å². The number of carbonyl (C=O) groups is 1. The predicted octanol–water partition coefficient (Wildman–Crippen LogP) is 3.83. The van der Waals surface area contributed by atoms with Crippen molar-refractivity contribution in [2.24, 2.45) is 0 Å². The number of nitrogens with one attached hydrogen (secondary N) is 1. The van der Waals surface area contributed by atoms with Crippen LogP contribution in [0.2, 0.25) is 0 Å². The highest BCUT2D eigenvalue weighted by atomic mass is 16.5. The van der Waals surface area contributed by atoms with Crippen molar-refractivity contribution in [3.8, 4) is 5.75 Å². The molecule has 3 aromatic rings. The number of aromatic nitrogens is 3. The van der Waals surface area contributed by atoms with Gasteiger partial charge in [0.2, 0.25) is 0 Å². The molecule has 6 heteroatoms. The number of amides is 1. The zero-order chi connectivity index (χ0) is 19.0. The number of hydrogen-bond acceptors (Lipinski definition) is 4. The average Bonchev–Trinajstić information content (AvgIpc) is 3.44. The second-order valence-electron chi connectivity index (χ2n) is 7.32. The first-order valence-electron chi connectivity index (χ1n) is 9.36. The van der Waals surface area contributed by atoms with Crippen molar-refractivity contribution in [1.82, 2.24) is 20.1 Å². The van der Waals surface area contributed by atoms with Crippen molar-refractivity contribution in [2.45, 2.75) is 45.2 Å². The Bertz CT molecular complexity index is 989. The van der Waals surface area contributed by atoms with Crippen LogP contribution in [0.25, 0.3) is 11.0 Å². The molecular weight excluding hydrogens is 340 g/mol. The van der Waals surface area contributed by atoms with Crippen molar-refractivity contribution in [1.29, 1.82) is 0 Å². The first-order valence-corrected chi connectivity index (χ1v) is 9.36. The minimum Gasteiger partial charge on any atom is -0.497 e. The minimum absolute atomic E-state index is 0.101. The molecule has 1 aromatic carbocycles. The number of methoxy groups -OCH3 is 1. The molecule has 27 heavy (non-hydrogen) atoms. The maximum atomic E-state index is 13.0. The number of benzene rings is 1. The first kappa shape index (κ1) is 17.5. The zero-order valence-electron chi connectivity index (χ0n) is 15.9. The van der Waals surface area contributed by atoms with E-state index in [-0.39, 0.29) is 11.9 Å². The third-order valence-electron chi connectivity index (χ3n) is 4.90. The first-order chi connectivity index (χ1) is 13.1. The van der Waals surface area contributed by atoms with Crippen LogP contribution in [0, 0.1) is 0 Å². The van der Waals surface area contributed by atoms with E-state index in [1.807, 2.05) is 35.0 Å². The van der Waals surface area contributed by atoms with Crippen molar-refractivity contribution >= 4 is 16.9 Å². The highest BCUT2D eigenvalue weighted by molar-refractivity contribution is 6.05. The van der Waals surface area contributed by atoms with Crippen LogP contribution in [-0.4, -0.2) is 27.8 Å². The third kappa shape index (κ3) is 3.52. The summed E-state index contributed by atoms with van der Waals surface area (Å²) >= 11 is 0. The largest absolute Gasteiger partial charge is 0.497 e. The molecule has 1 amide bonds. The summed E-state index contributed by atoms with van der Waals surface area (Å²) in [5.41, 5.74) is 3.43. The van der Waals surface area contributed by atoms with Gasteiger partial charge in [-0.25, -0.2) is 9.67 Å². The summed E-state index contributed by atoms with van der Waals surface area (Å²) in [6.45, 7) is 4.58. The van der Waals surface area contributed by atoms with E-state index >= 15 is 0 Å². The van der Waals surface area contributed by atoms with Gasteiger partial charge in [-0.05, 0) is 50.5 Å². The molecule has 0 atom stereocenters. The number of nitrogens with zero attached hydrogens (tertiary/aromatic N) is 3. The van der Waals surface area contributed by atoms with Crippen LogP contribution >= 0.6 is 0 Å². The molecule has 0 aliphatic heterocycles. The number of pyridine rings is 1. The molecule has 1 aliphatic rings. The molecule has 0 bridgehead atoms. The van der Waals surface area contributed by atoms with Crippen LogP contribution in [0.5, 0.6) is 5.75 Å². The summed E-state index contributed by atoms with van der Waals surface area (Å²) in [5, 5.41) is 8.28. The molecule has 0 saturated heterocycles. The van der Waals surface area contributed by atoms with Gasteiger partial charge in [0, 0.05) is 24.2 Å². The quantitative estimate of drug-likeness (QED) is 0.722. The smallest absolute Gasteiger partial charge is 0.252 e. The highest BCUT2D eigenvalue weighted by Crippen LogP contribution is 2.40. The van der Waals surface area contributed by atoms with Crippen LogP contribution in [0.3, 0.4) is 0 Å². The molecular formula is C21H24N4O2. The topological polar surface area (TPSA) is 69.0 Å². The van der Waals surface area contributed by atoms with Gasteiger partial charge in [-0.15, -0.1) is 0 Å². The molecule has 2 heterocycles. The third-order valence-corrected chi connectivity index (χ3v) is 4.90. The summed E-state index contributed by atoms with van der Waals surface area (Å²) in [5.74, 6) is 1.15. The number of fused-ring (bicyclic) bond motifs is 1. The Kier molecular flexibility index (Phi) is 4.56. The van der Waals surface area contributed by atoms with Gasteiger partial charge >= 0.3 is 0 Å². The Morgan fingerprint density at radius 3 is 2.85 bits per heavy atom. The van der Waals surface area contributed by atoms with E-state index in [2.05, 4.69) is 24.3 Å². The van der Waals surface area contributed by atoms with Crippen LogP contribution < -0.4 is 10.1 Å². The SMILES string of the molecule is COc1cccc(CNC(=O)c2cc(C3CC3)nc3c2cnn3C(C)C)c1. The lowest BCUT2D eigenvalue weighted by atomic mass is 10.1. The molecule has 0 spiro atoms. The number of rotatable bonds is 6. The van der Waals surface area contributed by atoms with E-state index in [1.54, 1.807) is 13.3 Å². The average molecular weight is 364 g/mol. The molecule has 2 aromatic heterocycles. The fourth-order valence-electron chi connectivity index (χ4n) is 3.25. The summed E-state index contributed by atoms with van der Waals surface area (Å²) in [6.07, 6.45) is 4.03. The lowest BCUT2D eigenvalue weighted by molar-refractivity contribution is 0.0952. The van der Waals surface area contributed by atoms with Gasteiger partial charge in [0.05, 0.1) is 24.3 Å². The van der Waals surface area contributed by atoms with Crippen LogP contribution in [0.15, 0.2) is 36.5 Å². The standard InChI is InChI=1S/C21H24N4O2/c1-13(2)25-20-18(12-23-25)17(10-19(24-20)15-7-8-15)21(26)22-11-14-5-4-6-16(9-14)27-3/h4-6,9-10,12-13,15H,7-8,11H2,1-3H3,(H,22,26). The normalized spacial score (nSPS) is 13.9. The number of hydrogen-bond donors (Lipinski definition) is 1. The summed E-state index contributed by atoms with van der Waals surface area (Å²) in [4.78, 5) is 17.8. The molecule has 0 unspecified atom stereocenters. The maximum Gasteiger partial charge on any atom is 0.252 e. The second-order valence-corrected chi connectivity index (χ2v) is 7.32. The monoisotopic (exact) mass is 364 g/mol. The number of carbonyl (C=O) groups excluding carboxylic acids is 1.